The van der Waals surface area contributed by atoms with Gasteiger partial charge in [-0.2, -0.15) is 0 Å². The van der Waals surface area contributed by atoms with Crippen molar-refractivity contribution < 1.29 is 27.1 Å². The molecule has 98 valence electrons. The van der Waals surface area contributed by atoms with E-state index < -0.39 is 38.9 Å². The molecule has 0 spiro atoms. The van der Waals surface area contributed by atoms with E-state index >= 15 is 0 Å². The van der Waals surface area contributed by atoms with E-state index in [4.69, 9.17) is 5.11 Å². The number of aromatic carboxylic acids is 1. The Labute approximate surface area is 102 Å². The molecule has 1 saturated heterocycles. The number of carbonyl (C=O) groups is 1. The third kappa shape index (κ3) is 2.03. The number of carboxylic acid groups (broad SMARTS) is 1. The van der Waals surface area contributed by atoms with Gasteiger partial charge in [0, 0.05) is 12.6 Å². The maximum atomic E-state index is 13.6. The van der Waals surface area contributed by atoms with Crippen molar-refractivity contribution >= 4 is 21.7 Å². The first-order valence-electron chi connectivity index (χ1n) is 5.05. The number of nitrogens with zero attached hydrogens (tertiary/aromatic N) is 1. The van der Waals surface area contributed by atoms with Gasteiger partial charge in [0.05, 0.1) is 17.0 Å². The molecule has 0 amide bonds. The maximum Gasteiger partial charge on any atom is 0.338 e. The number of sulfonamides is 1. The maximum absolute atomic E-state index is 13.6. The van der Waals surface area contributed by atoms with E-state index in [1.807, 2.05) is 0 Å². The monoisotopic (exact) mass is 277 g/mol. The molecule has 0 radical (unpaired) electrons. The van der Waals surface area contributed by atoms with E-state index in [0.29, 0.717) is 18.6 Å². The molecule has 18 heavy (non-hydrogen) atoms. The normalized spacial score (nSPS) is 18.0. The van der Waals surface area contributed by atoms with Crippen LogP contribution in [-0.4, -0.2) is 31.8 Å². The molecule has 0 saturated carbocycles. The Balaban J connectivity index is 2.58. The third-order valence-corrected chi connectivity index (χ3v) is 4.49. The first-order valence-corrected chi connectivity index (χ1v) is 6.66. The zero-order valence-corrected chi connectivity index (χ0v) is 9.88. The van der Waals surface area contributed by atoms with Gasteiger partial charge in [-0.05, 0) is 12.5 Å². The highest BCUT2D eigenvalue weighted by molar-refractivity contribution is 7.93. The Hall–Kier alpha value is -1.70. The Morgan fingerprint density at radius 1 is 1.28 bits per heavy atom. The van der Waals surface area contributed by atoms with Gasteiger partial charge in [-0.1, -0.05) is 0 Å². The van der Waals surface area contributed by atoms with Crippen LogP contribution in [0.2, 0.25) is 0 Å². The van der Waals surface area contributed by atoms with Crippen molar-refractivity contribution in [3.8, 4) is 0 Å². The van der Waals surface area contributed by atoms with Crippen molar-refractivity contribution in [1.82, 2.24) is 0 Å². The summed E-state index contributed by atoms with van der Waals surface area (Å²) in [5.41, 5.74) is -1.18. The number of halogens is 2. The van der Waals surface area contributed by atoms with Gasteiger partial charge in [0.1, 0.15) is 11.6 Å². The molecule has 8 heteroatoms. The number of hydrogen-bond acceptors (Lipinski definition) is 3. The van der Waals surface area contributed by atoms with E-state index in [9.17, 15) is 22.0 Å². The van der Waals surface area contributed by atoms with E-state index in [1.165, 1.54) is 0 Å². The molecule has 1 heterocycles. The summed E-state index contributed by atoms with van der Waals surface area (Å²) in [4.78, 5) is 10.7. The predicted octanol–water partition coefficient (Wildman–Crippen LogP) is 1.20. The SMILES string of the molecule is O=C(O)c1cc(N2CCCS2(=O)=O)c(F)cc1F. The van der Waals surface area contributed by atoms with E-state index in [0.717, 1.165) is 4.31 Å². The van der Waals surface area contributed by atoms with Gasteiger partial charge in [0.2, 0.25) is 10.0 Å². The highest BCUT2D eigenvalue weighted by Gasteiger charge is 2.31. The second-order valence-electron chi connectivity index (χ2n) is 3.83. The summed E-state index contributed by atoms with van der Waals surface area (Å²) in [7, 11) is -3.64. The van der Waals surface area contributed by atoms with Crippen molar-refractivity contribution in [3.05, 3.63) is 29.3 Å². The number of carboxylic acids is 1. The molecule has 1 aromatic rings. The quantitative estimate of drug-likeness (QED) is 0.881. The summed E-state index contributed by atoms with van der Waals surface area (Å²) in [6, 6.07) is 1.09. The van der Waals surface area contributed by atoms with Gasteiger partial charge in [-0.3, -0.25) is 4.31 Å². The van der Waals surface area contributed by atoms with Crippen molar-refractivity contribution in [2.75, 3.05) is 16.6 Å². The fraction of sp³-hybridized carbons (Fsp3) is 0.300. The second kappa shape index (κ2) is 4.20. The van der Waals surface area contributed by atoms with E-state index in [-0.39, 0.29) is 12.3 Å². The topological polar surface area (TPSA) is 74.7 Å². The number of benzene rings is 1. The molecule has 2 rings (SSSR count). The molecule has 0 atom stereocenters. The van der Waals surface area contributed by atoms with Crippen molar-refractivity contribution in [1.29, 1.82) is 0 Å². The molecule has 0 unspecified atom stereocenters. The van der Waals surface area contributed by atoms with Crippen LogP contribution in [-0.2, 0) is 10.0 Å². The Morgan fingerprint density at radius 2 is 1.94 bits per heavy atom. The van der Waals surface area contributed by atoms with Gasteiger partial charge < -0.3 is 5.11 Å². The molecule has 1 aromatic carbocycles. The van der Waals surface area contributed by atoms with Crippen LogP contribution in [0.4, 0.5) is 14.5 Å². The lowest BCUT2D eigenvalue weighted by molar-refractivity contribution is 0.0692. The highest BCUT2D eigenvalue weighted by Crippen LogP contribution is 2.29. The van der Waals surface area contributed by atoms with Gasteiger partial charge in [-0.25, -0.2) is 22.0 Å². The fourth-order valence-electron chi connectivity index (χ4n) is 1.80. The van der Waals surface area contributed by atoms with Gasteiger partial charge in [-0.15, -0.1) is 0 Å². The van der Waals surface area contributed by atoms with Crippen molar-refractivity contribution in [2.24, 2.45) is 0 Å². The summed E-state index contributed by atoms with van der Waals surface area (Å²) in [6.45, 7) is 0.0595. The highest BCUT2D eigenvalue weighted by atomic mass is 32.2. The third-order valence-electron chi connectivity index (χ3n) is 2.63. The van der Waals surface area contributed by atoms with Gasteiger partial charge in [0.25, 0.3) is 0 Å². The minimum absolute atomic E-state index is 0.0595. The summed E-state index contributed by atoms with van der Waals surface area (Å²) in [6.07, 6.45) is 0.321. The molecule has 0 aliphatic carbocycles. The fourth-order valence-corrected chi connectivity index (χ4v) is 3.36. The smallest absolute Gasteiger partial charge is 0.338 e. The molecule has 1 aliphatic heterocycles. The van der Waals surface area contributed by atoms with Crippen LogP contribution in [0, 0.1) is 11.6 Å². The van der Waals surface area contributed by atoms with Gasteiger partial charge in [0.15, 0.2) is 0 Å². The average molecular weight is 277 g/mol. The molecular weight excluding hydrogens is 268 g/mol. The first-order chi connectivity index (χ1) is 8.33. The molecule has 5 nitrogen and oxygen atoms in total. The molecule has 1 aliphatic rings. The lowest BCUT2D eigenvalue weighted by atomic mass is 10.1. The molecule has 0 bridgehead atoms. The second-order valence-corrected chi connectivity index (χ2v) is 5.84. The lowest BCUT2D eigenvalue weighted by Gasteiger charge is -2.18. The summed E-state index contributed by atoms with van der Waals surface area (Å²) >= 11 is 0. The number of anilines is 1. The van der Waals surface area contributed by atoms with Crippen LogP contribution >= 0.6 is 0 Å². The van der Waals surface area contributed by atoms with Crippen LogP contribution in [0.15, 0.2) is 12.1 Å². The van der Waals surface area contributed by atoms with Gasteiger partial charge >= 0.3 is 5.97 Å². The predicted molar refractivity (Wildman–Crippen MR) is 59.1 cm³/mol. The Bertz CT molecular complexity index is 615. The molecular formula is C10H9F2NO4S. The molecule has 1 fully saturated rings. The summed E-state index contributed by atoms with van der Waals surface area (Å²) in [5.74, 6) is -4.04. The van der Waals surface area contributed by atoms with Crippen LogP contribution in [0.25, 0.3) is 0 Å². The Kier molecular flexibility index (Phi) is 2.97. The largest absolute Gasteiger partial charge is 0.478 e. The number of hydrogen-bond donors (Lipinski definition) is 1. The first kappa shape index (κ1) is 12.7. The van der Waals surface area contributed by atoms with E-state index in [1.54, 1.807) is 0 Å². The molecule has 0 aromatic heterocycles. The lowest BCUT2D eigenvalue weighted by Crippen LogP contribution is -2.26. The average Bonchev–Trinajstić information content (AvgIpc) is 2.58. The van der Waals surface area contributed by atoms with Crippen LogP contribution < -0.4 is 4.31 Å². The standard InChI is InChI=1S/C10H9F2NO4S/c11-7-5-8(12)9(4-6(7)10(14)15)13-2-1-3-18(13,16)17/h4-5H,1-3H2,(H,14,15). The van der Waals surface area contributed by atoms with Crippen LogP contribution in [0.1, 0.15) is 16.8 Å². The minimum Gasteiger partial charge on any atom is -0.478 e. The van der Waals surface area contributed by atoms with Crippen molar-refractivity contribution in [2.45, 2.75) is 6.42 Å². The van der Waals surface area contributed by atoms with Crippen LogP contribution in [0.3, 0.4) is 0 Å². The Morgan fingerprint density at radius 3 is 2.44 bits per heavy atom. The van der Waals surface area contributed by atoms with E-state index in [2.05, 4.69) is 0 Å². The zero-order chi connectivity index (χ0) is 13.5. The summed E-state index contributed by atoms with van der Waals surface area (Å²) in [5, 5.41) is 8.72. The van der Waals surface area contributed by atoms with Crippen LogP contribution in [0.5, 0.6) is 0 Å². The summed E-state index contributed by atoms with van der Waals surface area (Å²) < 4.78 is 50.7. The number of rotatable bonds is 2. The van der Waals surface area contributed by atoms with Crippen molar-refractivity contribution in [3.63, 3.8) is 0 Å². The molecule has 1 N–H and O–H groups in total. The zero-order valence-electron chi connectivity index (χ0n) is 9.06. The minimum atomic E-state index is -3.64.